The number of rotatable bonds is 3. The van der Waals surface area contributed by atoms with Gasteiger partial charge in [0, 0.05) is 38.3 Å². The third-order valence-corrected chi connectivity index (χ3v) is 3.73. The van der Waals surface area contributed by atoms with Gasteiger partial charge in [0.25, 0.3) is 0 Å². The molecule has 1 aliphatic carbocycles. The van der Waals surface area contributed by atoms with Crippen LogP contribution in [0.25, 0.3) is 0 Å². The molecule has 1 atom stereocenters. The van der Waals surface area contributed by atoms with Gasteiger partial charge in [0.1, 0.15) is 0 Å². The van der Waals surface area contributed by atoms with E-state index in [4.69, 9.17) is 0 Å². The van der Waals surface area contributed by atoms with Crippen LogP contribution in [0.5, 0.6) is 0 Å². The average molecular weight is 197 g/mol. The summed E-state index contributed by atoms with van der Waals surface area (Å²) in [5.41, 5.74) is 0. The summed E-state index contributed by atoms with van der Waals surface area (Å²) in [6.45, 7) is 4.83. The highest BCUT2D eigenvalue weighted by atomic mass is 15.3. The van der Waals surface area contributed by atoms with Crippen LogP contribution in [0, 0.1) is 0 Å². The normalized spacial score (nSPS) is 31.7. The van der Waals surface area contributed by atoms with Crippen LogP contribution in [0.4, 0.5) is 0 Å². The van der Waals surface area contributed by atoms with Crippen molar-refractivity contribution in [3.05, 3.63) is 0 Å². The van der Waals surface area contributed by atoms with E-state index in [-0.39, 0.29) is 0 Å². The van der Waals surface area contributed by atoms with Crippen LogP contribution in [-0.2, 0) is 0 Å². The van der Waals surface area contributed by atoms with E-state index < -0.39 is 0 Å². The predicted octanol–water partition coefficient (Wildman–Crippen LogP) is 0.374. The van der Waals surface area contributed by atoms with Crippen molar-refractivity contribution in [3.8, 4) is 0 Å². The van der Waals surface area contributed by atoms with E-state index in [9.17, 15) is 0 Å². The Morgan fingerprint density at radius 1 is 1.21 bits per heavy atom. The Bertz CT molecular complexity index is 179. The van der Waals surface area contributed by atoms with Gasteiger partial charge in [-0.05, 0) is 26.9 Å². The van der Waals surface area contributed by atoms with E-state index in [1.165, 1.54) is 45.4 Å². The van der Waals surface area contributed by atoms with Crippen LogP contribution >= 0.6 is 0 Å². The number of nitrogens with one attached hydrogen (secondary N) is 1. The van der Waals surface area contributed by atoms with Crippen molar-refractivity contribution >= 4 is 0 Å². The van der Waals surface area contributed by atoms with Gasteiger partial charge in [-0.2, -0.15) is 0 Å². The first kappa shape index (κ1) is 10.4. The molecule has 1 N–H and O–H groups in total. The highest BCUT2D eigenvalue weighted by Crippen LogP contribution is 2.18. The first-order chi connectivity index (χ1) is 6.75. The maximum atomic E-state index is 3.67. The van der Waals surface area contributed by atoms with Crippen molar-refractivity contribution in [2.24, 2.45) is 0 Å². The van der Waals surface area contributed by atoms with Gasteiger partial charge in [-0.3, -0.25) is 4.90 Å². The van der Waals surface area contributed by atoms with Crippen molar-refractivity contribution in [1.29, 1.82) is 0 Å². The molecule has 82 valence electrons. The monoisotopic (exact) mass is 197 g/mol. The van der Waals surface area contributed by atoms with Gasteiger partial charge < -0.3 is 10.2 Å². The summed E-state index contributed by atoms with van der Waals surface area (Å²) in [6, 6.07) is 1.55. The lowest BCUT2D eigenvalue weighted by Crippen LogP contribution is -2.55. The smallest absolute Gasteiger partial charge is 0.0345 e. The van der Waals surface area contributed by atoms with Crippen LogP contribution in [0.15, 0.2) is 0 Å². The lowest BCUT2D eigenvalue weighted by atomic mass is 9.93. The molecule has 0 bridgehead atoms. The van der Waals surface area contributed by atoms with E-state index >= 15 is 0 Å². The third-order valence-electron chi connectivity index (χ3n) is 3.73. The van der Waals surface area contributed by atoms with Crippen LogP contribution < -0.4 is 5.32 Å². The predicted molar refractivity (Wildman–Crippen MR) is 59.6 cm³/mol. The maximum absolute atomic E-state index is 3.67. The Hall–Kier alpha value is -0.120. The van der Waals surface area contributed by atoms with Crippen molar-refractivity contribution in [2.75, 3.05) is 40.3 Å². The van der Waals surface area contributed by atoms with Gasteiger partial charge in [0.05, 0.1) is 0 Å². The minimum atomic E-state index is 0.717. The Kier molecular flexibility index (Phi) is 3.42. The van der Waals surface area contributed by atoms with E-state index in [0.717, 1.165) is 6.04 Å². The molecule has 14 heavy (non-hydrogen) atoms. The number of nitrogens with zero attached hydrogens (tertiary/aromatic N) is 2. The van der Waals surface area contributed by atoms with Gasteiger partial charge in [-0.15, -0.1) is 0 Å². The number of hydrogen-bond acceptors (Lipinski definition) is 3. The molecule has 0 aromatic rings. The quantitative estimate of drug-likeness (QED) is 0.705. The second-order valence-electron chi connectivity index (χ2n) is 4.93. The van der Waals surface area contributed by atoms with Crippen molar-refractivity contribution in [3.63, 3.8) is 0 Å². The highest BCUT2D eigenvalue weighted by molar-refractivity contribution is 4.84. The largest absolute Gasteiger partial charge is 0.312 e. The molecule has 0 radical (unpaired) electrons. The zero-order chi connectivity index (χ0) is 9.97. The number of likely N-dealkylation sites (N-methyl/N-ethyl adjacent to an activating group) is 2. The first-order valence-corrected chi connectivity index (χ1v) is 5.88. The molecule has 2 aliphatic rings. The zero-order valence-corrected chi connectivity index (χ0v) is 9.50. The van der Waals surface area contributed by atoms with E-state index in [1.54, 1.807) is 0 Å². The van der Waals surface area contributed by atoms with Crippen molar-refractivity contribution in [1.82, 2.24) is 15.1 Å². The minimum Gasteiger partial charge on any atom is -0.312 e. The van der Waals surface area contributed by atoms with Gasteiger partial charge in [-0.25, -0.2) is 0 Å². The zero-order valence-electron chi connectivity index (χ0n) is 9.50. The Labute approximate surface area is 87.4 Å². The highest BCUT2D eigenvalue weighted by Gasteiger charge is 2.24. The van der Waals surface area contributed by atoms with Crippen LogP contribution in [0.3, 0.4) is 0 Å². The molecule has 1 heterocycles. The summed E-state index contributed by atoms with van der Waals surface area (Å²) in [7, 11) is 4.48. The van der Waals surface area contributed by atoms with Crippen molar-refractivity contribution < 1.29 is 0 Å². The third kappa shape index (κ3) is 2.47. The Balaban J connectivity index is 1.71. The first-order valence-electron chi connectivity index (χ1n) is 5.88. The summed E-state index contributed by atoms with van der Waals surface area (Å²) < 4.78 is 0. The van der Waals surface area contributed by atoms with Gasteiger partial charge in [0.2, 0.25) is 0 Å². The van der Waals surface area contributed by atoms with Gasteiger partial charge >= 0.3 is 0 Å². The molecule has 1 aliphatic heterocycles. The topological polar surface area (TPSA) is 18.5 Å². The molecule has 0 amide bonds. The van der Waals surface area contributed by atoms with Crippen LogP contribution in [0.1, 0.15) is 19.3 Å². The molecule has 1 unspecified atom stereocenters. The molecule has 3 heteroatoms. The summed E-state index contributed by atoms with van der Waals surface area (Å²) >= 11 is 0. The number of hydrogen-bond donors (Lipinski definition) is 1. The Morgan fingerprint density at radius 3 is 2.64 bits per heavy atom. The van der Waals surface area contributed by atoms with E-state index in [1.807, 2.05) is 0 Å². The number of piperazine rings is 1. The fourth-order valence-corrected chi connectivity index (χ4v) is 2.24. The van der Waals surface area contributed by atoms with E-state index in [2.05, 4.69) is 29.2 Å². The lowest BCUT2D eigenvalue weighted by Gasteiger charge is -2.39. The second-order valence-corrected chi connectivity index (χ2v) is 4.93. The summed E-state index contributed by atoms with van der Waals surface area (Å²) in [5, 5.41) is 3.67. The fraction of sp³-hybridized carbons (Fsp3) is 1.00. The Morgan fingerprint density at radius 2 is 2.00 bits per heavy atom. The molecule has 1 saturated heterocycles. The molecule has 2 fully saturated rings. The molecular formula is C11H23N3. The fourth-order valence-electron chi connectivity index (χ4n) is 2.24. The SMILES string of the molecule is CN1CCN(C)C(CNC2CCC2)C1. The maximum Gasteiger partial charge on any atom is 0.0345 e. The van der Waals surface area contributed by atoms with E-state index in [0.29, 0.717) is 6.04 Å². The molecule has 1 saturated carbocycles. The molecule has 3 nitrogen and oxygen atoms in total. The second kappa shape index (κ2) is 4.60. The molecule has 0 aromatic carbocycles. The summed E-state index contributed by atoms with van der Waals surface area (Å²) in [6.07, 6.45) is 4.22. The van der Waals surface area contributed by atoms with Gasteiger partial charge in [-0.1, -0.05) is 6.42 Å². The van der Waals surface area contributed by atoms with Gasteiger partial charge in [0.15, 0.2) is 0 Å². The van der Waals surface area contributed by atoms with Crippen molar-refractivity contribution in [2.45, 2.75) is 31.3 Å². The molecule has 0 aromatic heterocycles. The summed E-state index contributed by atoms with van der Waals surface area (Å²) in [4.78, 5) is 4.93. The molecule has 0 spiro atoms. The molecular weight excluding hydrogens is 174 g/mol. The van der Waals surface area contributed by atoms with Crippen LogP contribution in [0.2, 0.25) is 0 Å². The lowest BCUT2D eigenvalue weighted by molar-refractivity contribution is 0.108. The van der Waals surface area contributed by atoms with Crippen LogP contribution in [-0.4, -0.2) is 62.2 Å². The standard InChI is InChI=1S/C11H23N3/c1-13-6-7-14(2)11(9-13)8-12-10-4-3-5-10/h10-12H,3-9H2,1-2H3. The minimum absolute atomic E-state index is 0.717. The molecule has 2 rings (SSSR count). The average Bonchev–Trinajstić information content (AvgIpc) is 2.08. The summed E-state index contributed by atoms with van der Waals surface area (Å²) in [5.74, 6) is 0.